The van der Waals surface area contributed by atoms with Crippen LogP contribution in [-0.4, -0.2) is 9.97 Å². The predicted octanol–water partition coefficient (Wildman–Crippen LogP) is 2.95. The standard InChI is InChI=1S/C8H6N2S2/c11-6-3-1-5-2-4-7(12)10-8(5)9-6/h1-4H,(H2,9,10,11,12). The lowest BCUT2D eigenvalue weighted by Crippen LogP contribution is -1.83. The second kappa shape index (κ2) is 2.80. The van der Waals surface area contributed by atoms with Crippen LogP contribution in [0.25, 0.3) is 11.0 Å². The summed E-state index contributed by atoms with van der Waals surface area (Å²) in [4.78, 5) is 6.05. The molecule has 4 heteroatoms. The molecule has 0 spiro atoms. The zero-order valence-electron chi connectivity index (χ0n) is 6.13. The van der Waals surface area contributed by atoms with Gasteiger partial charge in [-0.05, 0) is 24.3 Å². The number of rotatable bonds is 0. The molecule has 2 aromatic heterocycles. The quantitative estimate of drug-likeness (QED) is 0.632. The summed E-state index contributed by atoms with van der Waals surface area (Å²) in [5.74, 6) is 0. The molecular weight excluding hydrogens is 188 g/mol. The van der Waals surface area contributed by atoms with Crippen molar-refractivity contribution in [2.24, 2.45) is 0 Å². The lowest BCUT2D eigenvalue weighted by molar-refractivity contribution is 1.26. The van der Waals surface area contributed by atoms with E-state index in [0.29, 0.717) is 9.28 Å². The van der Waals surface area contributed by atoms with Gasteiger partial charge in [0, 0.05) is 5.39 Å². The average Bonchev–Trinajstić information content (AvgIpc) is 2.03. The van der Waals surface area contributed by atoms with Crippen LogP contribution >= 0.6 is 24.4 Å². The van der Waals surface area contributed by atoms with Gasteiger partial charge in [-0.1, -0.05) is 24.4 Å². The lowest BCUT2D eigenvalue weighted by atomic mass is 10.3. The van der Waals surface area contributed by atoms with Crippen molar-refractivity contribution in [1.29, 1.82) is 0 Å². The fourth-order valence-electron chi connectivity index (χ4n) is 1.06. The SMILES string of the molecule is S=c1ccc2ccc(=S)[nH]c2[nH]1. The number of fused-ring (bicyclic) bond motifs is 1. The van der Waals surface area contributed by atoms with Crippen molar-refractivity contribution in [2.45, 2.75) is 0 Å². The molecule has 0 aliphatic carbocycles. The number of pyridine rings is 2. The topological polar surface area (TPSA) is 31.6 Å². The van der Waals surface area contributed by atoms with E-state index in [-0.39, 0.29) is 0 Å². The third kappa shape index (κ3) is 1.31. The zero-order valence-corrected chi connectivity index (χ0v) is 7.76. The molecule has 0 aliphatic rings. The van der Waals surface area contributed by atoms with Gasteiger partial charge in [0.1, 0.15) is 14.9 Å². The van der Waals surface area contributed by atoms with E-state index < -0.39 is 0 Å². The Morgan fingerprint density at radius 3 is 1.83 bits per heavy atom. The minimum atomic E-state index is 0.708. The second-order valence-corrected chi connectivity index (χ2v) is 3.36. The maximum absolute atomic E-state index is 4.97. The third-order valence-corrected chi connectivity index (χ3v) is 2.09. The first-order chi connectivity index (χ1) is 5.75. The number of H-pyrrole nitrogens is 2. The van der Waals surface area contributed by atoms with Gasteiger partial charge in [0.15, 0.2) is 0 Å². The van der Waals surface area contributed by atoms with Crippen molar-refractivity contribution >= 4 is 35.5 Å². The summed E-state index contributed by atoms with van der Waals surface area (Å²) in [5, 5.41) is 1.08. The van der Waals surface area contributed by atoms with Crippen LogP contribution in [0.3, 0.4) is 0 Å². The molecule has 0 saturated carbocycles. The molecule has 0 aliphatic heterocycles. The number of aromatic amines is 2. The molecule has 2 nitrogen and oxygen atoms in total. The Kier molecular flexibility index (Phi) is 1.78. The van der Waals surface area contributed by atoms with Gasteiger partial charge in [-0.15, -0.1) is 0 Å². The third-order valence-electron chi connectivity index (χ3n) is 1.61. The molecule has 0 aromatic carbocycles. The summed E-state index contributed by atoms with van der Waals surface area (Å²) < 4.78 is 1.42. The summed E-state index contributed by atoms with van der Waals surface area (Å²) in [6.07, 6.45) is 0. The number of hydrogen-bond acceptors (Lipinski definition) is 2. The van der Waals surface area contributed by atoms with E-state index in [0.717, 1.165) is 11.0 Å². The van der Waals surface area contributed by atoms with Crippen molar-refractivity contribution in [2.75, 3.05) is 0 Å². The fraction of sp³-hybridized carbons (Fsp3) is 0. The van der Waals surface area contributed by atoms with Gasteiger partial charge in [-0.3, -0.25) is 0 Å². The summed E-state index contributed by atoms with van der Waals surface area (Å²) in [6.45, 7) is 0. The minimum absolute atomic E-state index is 0.708. The van der Waals surface area contributed by atoms with E-state index in [9.17, 15) is 0 Å². The monoisotopic (exact) mass is 194 g/mol. The predicted molar refractivity (Wildman–Crippen MR) is 54.3 cm³/mol. The molecule has 0 unspecified atom stereocenters. The maximum atomic E-state index is 4.97. The highest BCUT2D eigenvalue weighted by Crippen LogP contribution is 2.07. The highest BCUT2D eigenvalue weighted by atomic mass is 32.1. The first-order valence-corrected chi connectivity index (χ1v) is 4.30. The molecule has 0 bridgehead atoms. The van der Waals surface area contributed by atoms with Gasteiger partial charge in [0.2, 0.25) is 0 Å². The van der Waals surface area contributed by atoms with Gasteiger partial charge in [0.25, 0.3) is 0 Å². The van der Waals surface area contributed by atoms with Gasteiger partial charge >= 0.3 is 0 Å². The lowest BCUT2D eigenvalue weighted by Gasteiger charge is -1.95. The van der Waals surface area contributed by atoms with Crippen LogP contribution < -0.4 is 0 Å². The number of nitrogens with one attached hydrogen (secondary N) is 2. The van der Waals surface area contributed by atoms with Crippen molar-refractivity contribution in [3.8, 4) is 0 Å². The molecular formula is C8H6N2S2. The molecule has 2 heterocycles. The van der Waals surface area contributed by atoms with Gasteiger partial charge in [0.05, 0.1) is 0 Å². The molecule has 0 fully saturated rings. The molecule has 2 aromatic rings. The molecule has 0 amide bonds. The number of aromatic nitrogens is 2. The Morgan fingerprint density at radius 1 is 0.833 bits per heavy atom. The normalized spacial score (nSPS) is 10.3. The molecule has 2 N–H and O–H groups in total. The Hall–Kier alpha value is -1.00. The summed E-state index contributed by atoms with van der Waals surface area (Å²) in [7, 11) is 0. The van der Waals surface area contributed by atoms with Crippen LogP contribution in [0.1, 0.15) is 0 Å². The van der Waals surface area contributed by atoms with Crippen LogP contribution in [0.2, 0.25) is 0 Å². The van der Waals surface area contributed by atoms with E-state index in [1.165, 1.54) is 0 Å². The Morgan fingerprint density at radius 2 is 1.33 bits per heavy atom. The average molecular weight is 194 g/mol. The molecule has 0 radical (unpaired) electrons. The Bertz CT molecular complexity index is 479. The maximum Gasteiger partial charge on any atom is 0.116 e. The molecule has 12 heavy (non-hydrogen) atoms. The van der Waals surface area contributed by atoms with E-state index >= 15 is 0 Å². The summed E-state index contributed by atoms with van der Waals surface area (Å²) in [6, 6.07) is 7.63. The number of hydrogen-bond donors (Lipinski definition) is 2. The first-order valence-electron chi connectivity index (χ1n) is 3.48. The summed E-state index contributed by atoms with van der Waals surface area (Å²) >= 11 is 9.95. The Balaban J connectivity index is 2.98. The van der Waals surface area contributed by atoms with Crippen LogP contribution in [0.4, 0.5) is 0 Å². The van der Waals surface area contributed by atoms with E-state index in [4.69, 9.17) is 24.4 Å². The fourth-order valence-corrected chi connectivity index (χ4v) is 1.40. The highest BCUT2D eigenvalue weighted by Gasteiger charge is 1.90. The van der Waals surface area contributed by atoms with Crippen LogP contribution in [0, 0.1) is 9.28 Å². The van der Waals surface area contributed by atoms with Crippen LogP contribution in [0.5, 0.6) is 0 Å². The van der Waals surface area contributed by atoms with E-state index in [1.54, 1.807) is 0 Å². The second-order valence-electron chi connectivity index (χ2n) is 2.48. The van der Waals surface area contributed by atoms with Crippen molar-refractivity contribution in [3.05, 3.63) is 33.5 Å². The van der Waals surface area contributed by atoms with Crippen molar-refractivity contribution < 1.29 is 0 Å². The molecule has 0 atom stereocenters. The van der Waals surface area contributed by atoms with Gasteiger partial charge in [-0.25, -0.2) is 0 Å². The van der Waals surface area contributed by atoms with E-state index in [2.05, 4.69) is 9.97 Å². The van der Waals surface area contributed by atoms with Crippen LogP contribution in [0.15, 0.2) is 24.3 Å². The molecule has 0 saturated heterocycles. The zero-order chi connectivity index (χ0) is 8.55. The summed E-state index contributed by atoms with van der Waals surface area (Å²) in [5.41, 5.74) is 0.884. The minimum Gasteiger partial charge on any atom is -0.332 e. The van der Waals surface area contributed by atoms with Gasteiger partial charge < -0.3 is 9.97 Å². The van der Waals surface area contributed by atoms with Crippen molar-refractivity contribution in [1.82, 2.24) is 9.97 Å². The molecule has 2 rings (SSSR count). The Labute approximate surface area is 79.3 Å². The highest BCUT2D eigenvalue weighted by molar-refractivity contribution is 7.71. The van der Waals surface area contributed by atoms with Gasteiger partial charge in [-0.2, -0.15) is 0 Å². The van der Waals surface area contributed by atoms with Crippen molar-refractivity contribution in [3.63, 3.8) is 0 Å². The molecule has 60 valence electrons. The first kappa shape index (κ1) is 7.64. The van der Waals surface area contributed by atoms with Crippen LogP contribution in [-0.2, 0) is 0 Å². The largest absolute Gasteiger partial charge is 0.332 e. The smallest absolute Gasteiger partial charge is 0.116 e. The van der Waals surface area contributed by atoms with E-state index in [1.807, 2.05) is 24.3 Å².